The molecular weight excluding hydrogens is 352 g/mol. The summed E-state index contributed by atoms with van der Waals surface area (Å²) in [7, 11) is 1.61. The van der Waals surface area contributed by atoms with Crippen LogP contribution in [0.4, 0.5) is 0 Å². The van der Waals surface area contributed by atoms with E-state index in [9.17, 15) is 4.79 Å². The second kappa shape index (κ2) is 8.53. The van der Waals surface area contributed by atoms with Gasteiger partial charge in [-0.2, -0.15) is 4.98 Å². The highest BCUT2D eigenvalue weighted by atomic mass is 32.2. The Labute approximate surface area is 155 Å². The lowest BCUT2D eigenvalue weighted by molar-refractivity contribution is -0.142. The minimum absolute atomic E-state index is 0.0408. The molecule has 0 unspecified atom stereocenters. The molecular formula is C19H18N2O4S. The van der Waals surface area contributed by atoms with Gasteiger partial charge >= 0.3 is 5.97 Å². The SMILES string of the molecule is COc1ccc(SCC(=O)OCc2nc(-c3ccccc3C)no2)cc1. The Bertz CT molecular complexity index is 877. The number of nitrogens with zero attached hydrogens (tertiary/aromatic N) is 2. The maximum atomic E-state index is 11.9. The third-order valence-corrected chi connectivity index (χ3v) is 4.61. The van der Waals surface area contributed by atoms with Crippen LogP contribution >= 0.6 is 11.8 Å². The van der Waals surface area contributed by atoms with Gasteiger partial charge in [0.1, 0.15) is 5.75 Å². The standard InChI is InChI=1S/C19H18N2O4S/c1-13-5-3-4-6-16(13)19-20-17(25-21-19)11-24-18(22)12-26-15-9-7-14(23-2)8-10-15/h3-10H,11-12H2,1-2H3. The maximum absolute atomic E-state index is 11.9. The molecule has 7 heteroatoms. The fourth-order valence-electron chi connectivity index (χ4n) is 2.24. The number of esters is 1. The smallest absolute Gasteiger partial charge is 0.316 e. The Kier molecular flexibility index (Phi) is 5.91. The molecule has 0 fully saturated rings. The first-order valence-electron chi connectivity index (χ1n) is 7.97. The quantitative estimate of drug-likeness (QED) is 0.461. The van der Waals surface area contributed by atoms with Crippen molar-refractivity contribution in [1.29, 1.82) is 0 Å². The Balaban J connectivity index is 1.49. The second-order valence-electron chi connectivity index (χ2n) is 5.45. The summed E-state index contributed by atoms with van der Waals surface area (Å²) in [5.74, 6) is 1.39. The molecule has 0 bridgehead atoms. The first-order chi connectivity index (χ1) is 12.7. The molecule has 0 aliphatic carbocycles. The zero-order valence-electron chi connectivity index (χ0n) is 14.5. The second-order valence-corrected chi connectivity index (χ2v) is 6.50. The monoisotopic (exact) mass is 370 g/mol. The van der Waals surface area contributed by atoms with Crippen molar-refractivity contribution in [3.8, 4) is 17.1 Å². The largest absolute Gasteiger partial charge is 0.497 e. The number of aromatic nitrogens is 2. The van der Waals surface area contributed by atoms with Crippen LogP contribution in [0.15, 0.2) is 57.9 Å². The van der Waals surface area contributed by atoms with E-state index in [1.165, 1.54) is 11.8 Å². The third-order valence-electron chi connectivity index (χ3n) is 3.63. The maximum Gasteiger partial charge on any atom is 0.316 e. The van der Waals surface area contributed by atoms with Crippen LogP contribution in [-0.2, 0) is 16.1 Å². The Morgan fingerprint density at radius 2 is 1.92 bits per heavy atom. The van der Waals surface area contributed by atoms with Crippen LogP contribution in [0.25, 0.3) is 11.4 Å². The topological polar surface area (TPSA) is 74.5 Å². The van der Waals surface area contributed by atoms with E-state index in [4.69, 9.17) is 14.0 Å². The van der Waals surface area contributed by atoms with Gasteiger partial charge < -0.3 is 14.0 Å². The van der Waals surface area contributed by atoms with E-state index in [2.05, 4.69) is 10.1 Å². The number of aryl methyl sites for hydroxylation is 1. The van der Waals surface area contributed by atoms with E-state index >= 15 is 0 Å². The average molecular weight is 370 g/mol. The van der Waals surface area contributed by atoms with Gasteiger partial charge in [0.15, 0.2) is 6.61 Å². The van der Waals surface area contributed by atoms with Crippen molar-refractivity contribution >= 4 is 17.7 Å². The number of methoxy groups -OCH3 is 1. The molecule has 1 aromatic heterocycles. The average Bonchev–Trinajstić information content (AvgIpc) is 3.14. The van der Waals surface area contributed by atoms with Gasteiger partial charge in [-0.15, -0.1) is 11.8 Å². The summed E-state index contributed by atoms with van der Waals surface area (Å²) in [6.07, 6.45) is 0. The molecule has 0 aliphatic rings. The van der Waals surface area contributed by atoms with Gasteiger partial charge in [0, 0.05) is 10.5 Å². The van der Waals surface area contributed by atoms with Gasteiger partial charge in [-0.3, -0.25) is 4.79 Å². The number of rotatable bonds is 7. The van der Waals surface area contributed by atoms with Gasteiger partial charge in [-0.1, -0.05) is 29.4 Å². The van der Waals surface area contributed by atoms with Crippen molar-refractivity contribution in [3.63, 3.8) is 0 Å². The lowest BCUT2D eigenvalue weighted by Gasteiger charge is -2.03. The zero-order chi connectivity index (χ0) is 18.4. The van der Waals surface area contributed by atoms with Gasteiger partial charge in [-0.25, -0.2) is 0 Å². The summed E-state index contributed by atoms with van der Waals surface area (Å²) < 4.78 is 15.4. The van der Waals surface area contributed by atoms with Crippen LogP contribution in [0.1, 0.15) is 11.5 Å². The third kappa shape index (κ3) is 4.64. The highest BCUT2D eigenvalue weighted by molar-refractivity contribution is 8.00. The molecule has 0 atom stereocenters. The summed E-state index contributed by atoms with van der Waals surface area (Å²) >= 11 is 1.39. The molecule has 6 nitrogen and oxygen atoms in total. The number of hydrogen-bond acceptors (Lipinski definition) is 7. The molecule has 0 amide bonds. The Morgan fingerprint density at radius 1 is 1.15 bits per heavy atom. The van der Waals surface area contributed by atoms with Crippen molar-refractivity contribution in [2.24, 2.45) is 0 Å². The van der Waals surface area contributed by atoms with Crippen molar-refractivity contribution in [2.45, 2.75) is 18.4 Å². The first kappa shape index (κ1) is 18.0. The summed E-state index contributed by atoms with van der Waals surface area (Å²) in [6, 6.07) is 15.2. The number of hydrogen-bond donors (Lipinski definition) is 0. The van der Waals surface area contributed by atoms with E-state index in [0.29, 0.717) is 5.82 Å². The van der Waals surface area contributed by atoms with Crippen molar-refractivity contribution < 1.29 is 18.8 Å². The van der Waals surface area contributed by atoms with Crippen LogP contribution in [0, 0.1) is 6.92 Å². The predicted octanol–water partition coefficient (Wildman–Crippen LogP) is 3.89. The molecule has 2 aromatic carbocycles. The minimum Gasteiger partial charge on any atom is -0.497 e. The van der Waals surface area contributed by atoms with Gasteiger partial charge in [0.25, 0.3) is 5.89 Å². The Hall–Kier alpha value is -2.80. The lowest BCUT2D eigenvalue weighted by atomic mass is 10.1. The molecule has 0 radical (unpaired) electrons. The van der Waals surface area contributed by atoms with Gasteiger partial charge in [0.2, 0.25) is 5.82 Å². The van der Waals surface area contributed by atoms with Crippen LogP contribution < -0.4 is 4.74 Å². The normalized spacial score (nSPS) is 10.5. The molecule has 134 valence electrons. The molecule has 0 spiro atoms. The molecule has 1 heterocycles. The summed E-state index contributed by atoms with van der Waals surface area (Å²) in [4.78, 5) is 17.1. The molecule has 0 saturated carbocycles. The summed E-state index contributed by atoms with van der Waals surface area (Å²) in [5, 5.41) is 3.94. The fourth-order valence-corrected chi connectivity index (χ4v) is 2.94. The van der Waals surface area contributed by atoms with E-state index in [1.807, 2.05) is 55.5 Å². The lowest BCUT2D eigenvalue weighted by Crippen LogP contribution is -2.07. The van der Waals surface area contributed by atoms with Crippen molar-refractivity contribution in [2.75, 3.05) is 12.9 Å². The first-order valence-corrected chi connectivity index (χ1v) is 8.95. The molecule has 0 aliphatic heterocycles. The fraction of sp³-hybridized carbons (Fsp3) is 0.211. The molecule has 3 rings (SSSR count). The predicted molar refractivity (Wildman–Crippen MR) is 98.0 cm³/mol. The van der Waals surface area contributed by atoms with Crippen LogP contribution in [0.2, 0.25) is 0 Å². The van der Waals surface area contributed by atoms with Crippen molar-refractivity contribution in [3.05, 3.63) is 60.0 Å². The van der Waals surface area contributed by atoms with Crippen LogP contribution in [0.3, 0.4) is 0 Å². The Morgan fingerprint density at radius 3 is 2.65 bits per heavy atom. The van der Waals surface area contributed by atoms with Gasteiger partial charge in [0.05, 0.1) is 12.9 Å². The minimum atomic E-state index is -0.346. The number of benzene rings is 2. The van der Waals surface area contributed by atoms with E-state index in [-0.39, 0.29) is 24.2 Å². The molecule has 0 saturated heterocycles. The number of carbonyl (C=O) groups is 1. The highest BCUT2D eigenvalue weighted by Crippen LogP contribution is 2.22. The summed E-state index contributed by atoms with van der Waals surface area (Å²) in [5.41, 5.74) is 1.94. The van der Waals surface area contributed by atoms with E-state index in [0.717, 1.165) is 21.8 Å². The zero-order valence-corrected chi connectivity index (χ0v) is 15.3. The highest BCUT2D eigenvalue weighted by Gasteiger charge is 2.12. The van der Waals surface area contributed by atoms with E-state index in [1.54, 1.807) is 7.11 Å². The van der Waals surface area contributed by atoms with Crippen LogP contribution in [-0.4, -0.2) is 29.0 Å². The van der Waals surface area contributed by atoms with Crippen molar-refractivity contribution in [1.82, 2.24) is 10.1 Å². The number of thioether (sulfide) groups is 1. The van der Waals surface area contributed by atoms with Gasteiger partial charge in [-0.05, 0) is 36.8 Å². The number of ether oxygens (including phenoxy) is 2. The molecule has 26 heavy (non-hydrogen) atoms. The molecule has 3 aromatic rings. The molecule has 0 N–H and O–H groups in total. The van der Waals surface area contributed by atoms with Crippen LogP contribution in [0.5, 0.6) is 5.75 Å². The number of carbonyl (C=O) groups excluding carboxylic acids is 1. The van der Waals surface area contributed by atoms with E-state index < -0.39 is 0 Å². The summed E-state index contributed by atoms with van der Waals surface area (Å²) in [6.45, 7) is 1.93.